The molecular weight excluding hydrogens is 392 g/mol. The van der Waals surface area contributed by atoms with Gasteiger partial charge in [-0.15, -0.1) is 6.58 Å². The molecule has 1 aliphatic carbocycles. The van der Waals surface area contributed by atoms with Crippen molar-refractivity contribution in [3.8, 4) is 16.9 Å². The Morgan fingerprint density at radius 2 is 1.34 bits per heavy atom. The third kappa shape index (κ3) is 6.44. The summed E-state index contributed by atoms with van der Waals surface area (Å²) in [4.78, 5) is 0. The molecule has 0 amide bonds. The first kappa shape index (κ1) is 23.1. The molecule has 162 valence electrons. The van der Waals surface area contributed by atoms with Crippen molar-refractivity contribution in [3.05, 3.63) is 140 Å². The highest BCUT2D eigenvalue weighted by Crippen LogP contribution is 2.35. The van der Waals surface area contributed by atoms with Gasteiger partial charge in [0, 0.05) is 6.42 Å². The van der Waals surface area contributed by atoms with Crippen molar-refractivity contribution >= 4 is 0 Å². The Morgan fingerprint density at radius 3 is 1.94 bits per heavy atom. The van der Waals surface area contributed by atoms with E-state index in [0.29, 0.717) is 13.2 Å². The van der Waals surface area contributed by atoms with Crippen LogP contribution < -0.4 is 4.74 Å². The normalized spacial score (nSPS) is 16.5. The number of hydrogen-bond donors (Lipinski definition) is 0. The zero-order chi connectivity index (χ0) is 22.5. The molecule has 32 heavy (non-hydrogen) atoms. The second kappa shape index (κ2) is 12.3. The zero-order valence-corrected chi connectivity index (χ0v) is 18.4. The van der Waals surface area contributed by atoms with Gasteiger partial charge < -0.3 is 9.47 Å². The molecule has 3 aromatic rings. The highest BCUT2D eigenvalue weighted by atomic mass is 16.5. The van der Waals surface area contributed by atoms with Crippen molar-refractivity contribution in [2.24, 2.45) is 0 Å². The van der Waals surface area contributed by atoms with Crippen LogP contribution in [0.3, 0.4) is 0 Å². The Kier molecular flexibility index (Phi) is 8.85. The molecule has 0 fully saturated rings. The molecule has 1 atom stereocenters. The highest BCUT2D eigenvalue weighted by Gasteiger charge is 2.29. The Hall–Kier alpha value is -3.62. The van der Waals surface area contributed by atoms with Crippen LogP contribution in [0.5, 0.6) is 5.75 Å². The van der Waals surface area contributed by atoms with E-state index in [-0.39, 0.29) is 5.60 Å². The fraction of sp³-hybridized carbons (Fsp3) is 0.133. The maximum absolute atomic E-state index is 6.10. The molecule has 0 saturated carbocycles. The predicted molar refractivity (Wildman–Crippen MR) is 135 cm³/mol. The lowest BCUT2D eigenvalue weighted by Gasteiger charge is -2.32. The van der Waals surface area contributed by atoms with Crippen molar-refractivity contribution in [3.63, 3.8) is 0 Å². The van der Waals surface area contributed by atoms with Gasteiger partial charge in [-0.05, 0) is 34.9 Å². The molecule has 0 heterocycles. The summed E-state index contributed by atoms with van der Waals surface area (Å²) in [5, 5.41) is 0. The fourth-order valence-corrected chi connectivity index (χ4v) is 3.46. The summed E-state index contributed by atoms with van der Waals surface area (Å²) >= 11 is 0. The largest absolute Gasteiger partial charge is 0.490 e. The molecule has 0 N–H and O–H groups in total. The molecule has 1 aliphatic rings. The first-order valence-corrected chi connectivity index (χ1v) is 10.8. The molecule has 0 radical (unpaired) electrons. The van der Waals surface area contributed by atoms with E-state index in [0.717, 1.165) is 12.2 Å². The number of rotatable bonds is 8. The average Bonchev–Trinajstić information content (AvgIpc) is 2.88. The van der Waals surface area contributed by atoms with Gasteiger partial charge in [0.2, 0.25) is 0 Å². The number of hydrogen-bond acceptors (Lipinski definition) is 2. The van der Waals surface area contributed by atoms with E-state index in [1.165, 1.54) is 16.7 Å². The molecule has 2 nitrogen and oxygen atoms in total. The smallest absolute Gasteiger partial charge is 0.119 e. The molecular formula is C30H30O2. The topological polar surface area (TPSA) is 18.5 Å². The SMILES string of the molecule is C=CCOC1(c2ccc(-c3ccccc3)cc2)C=CC=CC1.C=CCOc1ccccc1. The van der Waals surface area contributed by atoms with Crippen LogP contribution in [0.4, 0.5) is 0 Å². The average molecular weight is 423 g/mol. The number of ether oxygens (including phenoxy) is 2. The maximum atomic E-state index is 6.10. The summed E-state index contributed by atoms with van der Waals surface area (Å²) in [6.45, 7) is 8.42. The maximum Gasteiger partial charge on any atom is 0.119 e. The molecule has 3 aromatic carbocycles. The van der Waals surface area contributed by atoms with E-state index >= 15 is 0 Å². The lowest BCUT2D eigenvalue weighted by molar-refractivity contribution is 0.00633. The van der Waals surface area contributed by atoms with Crippen LogP contribution in [-0.2, 0) is 10.3 Å². The van der Waals surface area contributed by atoms with Crippen molar-refractivity contribution < 1.29 is 9.47 Å². The van der Waals surface area contributed by atoms with Crippen LogP contribution in [-0.4, -0.2) is 13.2 Å². The monoisotopic (exact) mass is 422 g/mol. The number of allylic oxidation sites excluding steroid dienone is 2. The summed E-state index contributed by atoms with van der Waals surface area (Å²) in [6, 6.07) is 28.7. The van der Waals surface area contributed by atoms with Gasteiger partial charge in [0.05, 0.1) is 6.61 Å². The van der Waals surface area contributed by atoms with Crippen molar-refractivity contribution in [2.45, 2.75) is 12.0 Å². The summed E-state index contributed by atoms with van der Waals surface area (Å²) in [6.07, 6.45) is 12.8. The molecule has 0 saturated heterocycles. The fourth-order valence-electron chi connectivity index (χ4n) is 3.46. The quantitative estimate of drug-likeness (QED) is 0.350. The van der Waals surface area contributed by atoms with Crippen molar-refractivity contribution in [2.75, 3.05) is 13.2 Å². The Balaban J connectivity index is 0.000000243. The first-order chi connectivity index (χ1) is 15.8. The molecule has 4 rings (SSSR count). The van der Waals surface area contributed by atoms with Gasteiger partial charge in [-0.25, -0.2) is 0 Å². The molecule has 0 bridgehead atoms. The van der Waals surface area contributed by atoms with Crippen molar-refractivity contribution in [1.29, 1.82) is 0 Å². The lowest BCUT2D eigenvalue weighted by atomic mass is 9.86. The summed E-state index contributed by atoms with van der Waals surface area (Å²) < 4.78 is 11.3. The van der Waals surface area contributed by atoms with Gasteiger partial charge in [0.25, 0.3) is 0 Å². The van der Waals surface area contributed by atoms with E-state index in [1.54, 1.807) is 12.2 Å². The van der Waals surface area contributed by atoms with E-state index in [4.69, 9.17) is 9.47 Å². The van der Waals surface area contributed by atoms with Crippen LogP contribution in [0, 0.1) is 0 Å². The number of benzene rings is 3. The van der Waals surface area contributed by atoms with E-state index in [2.05, 4.69) is 86.0 Å². The van der Waals surface area contributed by atoms with Gasteiger partial charge >= 0.3 is 0 Å². The van der Waals surface area contributed by atoms with Crippen LogP contribution in [0.2, 0.25) is 0 Å². The molecule has 0 spiro atoms. The Labute approximate surface area is 191 Å². The van der Waals surface area contributed by atoms with Gasteiger partial charge in [-0.3, -0.25) is 0 Å². The lowest BCUT2D eigenvalue weighted by Crippen LogP contribution is -2.28. The second-order valence-corrected chi connectivity index (χ2v) is 7.34. The first-order valence-electron chi connectivity index (χ1n) is 10.8. The van der Waals surface area contributed by atoms with E-state index in [1.807, 2.05) is 36.4 Å². The van der Waals surface area contributed by atoms with Crippen LogP contribution in [0.15, 0.2) is 135 Å². The van der Waals surface area contributed by atoms with Crippen LogP contribution >= 0.6 is 0 Å². The van der Waals surface area contributed by atoms with Gasteiger partial charge in [-0.2, -0.15) is 0 Å². The predicted octanol–water partition coefficient (Wildman–Crippen LogP) is 7.52. The third-order valence-electron chi connectivity index (χ3n) is 5.08. The number of para-hydroxylation sites is 1. The van der Waals surface area contributed by atoms with Gasteiger partial charge in [-0.1, -0.05) is 110 Å². The highest BCUT2D eigenvalue weighted by molar-refractivity contribution is 5.63. The van der Waals surface area contributed by atoms with E-state index in [9.17, 15) is 0 Å². The molecule has 2 heteroatoms. The summed E-state index contributed by atoms with van der Waals surface area (Å²) in [5.74, 6) is 0.891. The van der Waals surface area contributed by atoms with Crippen molar-refractivity contribution in [1.82, 2.24) is 0 Å². The Bertz CT molecular complexity index is 1020. The summed E-state index contributed by atoms with van der Waals surface area (Å²) in [5.41, 5.74) is 3.25. The second-order valence-electron chi connectivity index (χ2n) is 7.34. The van der Waals surface area contributed by atoms with Gasteiger partial charge in [0.1, 0.15) is 18.0 Å². The third-order valence-corrected chi connectivity index (χ3v) is 5.08. The van der Waals surface area contributed by atoms with Crippen LogP contribution in [0.25, 0.3) is 11.1 Å². The van der Waals surface area contributed by atoms with E-state index < -0.39 is 0 Å². The minimum absolute atomic E-state index is 0.377. The minimum Gasteiger partial charge on any atom is -0.490 e. The standard InChI is InChI=1S/C21H20O.C9H10O/c1-2-17-22-21(15-7-4-8-16-21)20-13-11-19(12-14-20)18-9-5-3-6-10-18;1-2-8-10-9-6-4-3-5-7-9/h2-15H,1,16-17H2;2-7H,1,8H2. The molecule has 1 unspecified atom stereocenters. The van der Waals surface area contributed by atoms with Gasteiger partial charge in [0.15, 0.2) is 0 Å². The molecule has 0 aromatic heterocycles. The zero-order valence-electron chi connectivity index (χ0n) is 18.4. The van der Waals surface area contributed by atoms with Crippen LogP contribution in [0.1, 0.15) is 12.0 Å². The summed E-state index contributed by atoms with van der Waals surface area (Å²) in [7, 11) is 0. The molecule has 0 aliphatic heterocycles. The Morgan fingerprint density at radius 1 is 0.719 bits per heavy atom. The minimum atomic E-state index is -0.377.